The molecule has 0 fully saturated rings. The summed E-state index contributed by atoms with van der Waals surface area (Å²) in [6.45, 7) is 1.99. The summed E-state index contributed by atoms with van der Waals surface area (Å²) >= 11 is 0. The number of benzene rings is 2. The number of phenols is 1. The summed E-state index contributed by atoms with van der Waals surface area (Å²) in [5.41, 5.74) is 2.65. The molecule has 2 N–H and O–H groups in total. The van der Waals surface area contributed by atoms with Crippen LogP contribution in [0.2, 0.25) is 0 Å². The summed E-state index contributed by atoms with van der Waals surface area (Å²) in [7, 11) is 1.48. The Morgan fingerprint density at radius 3 is 2.57 bits per heavy atom. The largest absolute Gasteiger partial charge is 0.504 e. The van der Waals surface area contributed by atoms with Gasteiger partial charge in [0.2, 0.25) is 5.91 Å². The fourth-order valence-electron chi connectivity index (χ4n) is 1.79. The minimum Gasteiger partial charge on any atom is -0.504 e. The fraction of sp³-hybridized carbons (Fsp3) is 0.118. The number of aromatic hydroxyl groups is 1. The highest BCUT2D eigenvalue weighted by atomic mass is 16.5. The van der Waals surface area contributed by atoms with Gasteiger partial charge in [-0.25, -0.2) is 0 Å². The van der Waals surface area contributed by atoms with Crippen LogP contribution in [0.4, 0.5) is 5.69 Å². The maximum atomic E-state index is 11.8. The molecule has 1 amide bonds. The number of hydrogen-bond donors (Lipinski definition) is 2. The van der Waals surface area contributed by atoms with E-state index in [0.29, 0.717) is 5.75 Å². The van der Waals surface area contributed by atoms with E-state index in [0.717, 1.165) is 16.8 Å². The number of nitrogens with one attached hydrogen (secondary N) is 1. The second kappa shape index (κ2) is 6.61. The molecule has 0 saturated heterocycles. The highest BCUT2D eigenvalue weighted by Gasteiger charge is 2.01. The van der Waals surface area contributed by atoms with Crippen molar-refractivity contribution in [1.82, 2.24) is 0 Å². The lowest BCUT2D eigenvalue weighted by molar-refractivity contribution is -0.111. The molecule has 4 heteroatoms. The van der Waals surface area contributed by atoms with Gasteiger partial charge in [-0.15, -0.1) is 0 Å². The lowest BCUT2D eigenvalue weighted by Gasteiger charge is -2.04. The van der Waals surface area contributed by atoms with Gasteiger partial charge in [0.25, 0.3) is 0 Å². The zero-order valence-corrected chi connectivity index (χ0v) is 12.0. The lowest BCUT2D eigenvalue weighted by atomic mass is 10.2. The molecule has 0 radical (unpaired) electrons. The maximum absolute atomic E-state index is 11.8. The van der Waals surface area contributed by atoms with Gasteiger partial charge >= 0.3 is 0 Å². The Balaban J connectivity index is 2.03. The van der Waals surface area contributed by atoms with Crippen molar-refractivity contribution in [2.75, 3.05) is 12.4 Å². The van der Waals surface area contributed by atoms with Gasteiger partial charge in [-0.2, -0.15) is 0 Å². The van der Waals surface area contributed by atoms with Crippen molar-refractivity contribution in [2.45, 2.75) is 6.92 Å². The number of aryl methyl sites for hydroxylation is 1. The Bertz CT molecular complexity index is 660. The summed E-state index contributed by atoms with van der Waals surface area (Å²) in [6.07, 6.45) is 3.09. The van der Waals surface area contributed by atoms with Gasteiger partial charge < -0.3 is 15.2 Å². The quantitative estimate of drug-likeness (QED) is 0.846. The predicted octanol–water partition coefficient (Wildman–Crippen LogP) is 3.36. The van der Waals surface area contributed by atoms with E-state index in [1.54, 1.807) is 18.2 Å². The van der Waals surface area contributed by atoms with Crippen LogP contribution in [0.5, 0.6) is 11.5 Å². The molecule has 108 valence electrons. The Morgan fingerprint density at radius 1 is 1.19 bits per heavy atom. The number of hydrogen-bond acceptors (Lipinski definition) is 3. The first-order valence-electron chi connectivity index (χ1n) is 6.51. The standard InChI is InChI=1S/C17H17NO3/c1-12-3-7-14(8-4-12)18-17(20)10-6-13-5-9-15(19)16(11-13)21-2/h3-11,19H,1-2H3,(H,18,20)/b10-6+. The molecule has 0 saturated carbocycles. The number of anilines is 1. The van der Waals surface area contributed by atoms with Gasteiger partial charge in [0.1, 0.15) is 0 Å². The van der Waals surface area contributed by atoms with Gasteiger partial charge in [0.15, 0.2) is 11.5 Å². The number of phenolic OH excluding ortho intramolecular Hbond substituents is 1. The van der Waals surface area contributed by atoms with Crippen molar-refractivity contribution in [3.63, 3.8) is 0 Å². The van der Waals surface area contributed by atoms with Crippen LogP contribution >= 0.6 is 0 Å². The molecule has 0 aliphatic carbocycles. The topological polar surface area (TPSA) is 58.6 Å². The highest BCUT2D eigenvalue weighted by molar-refractivity contribution is 6.01. The molecule has 2 aromatic rings. The highest BCUT2D eigenvalue weighted by Crippen LogP contribution is 2.26. The Kier molecular flexibility index (Phi) is 4.61. The van der Waals surface area contributed by atoms with Crippen molar-refractivity contribution in [3.05, 3.63) is 59.7 Å². The van der Waals surface area contributed by atoms with E-state index < -0.39 is 0 Å². The van der Waals surface area contributed by atoms with Gasteiger partial charge in [-0.05, 0) is 42.8 Å². The van der Waals surface area contributed by atoms with Crippen LogP contribution in [-0.2, 0) is 4.79 Å². The van der Waals surface area contributed by atoms with Crippen LogP contribution in [0, 0.1) is 6.92 Å². The van der Waals surface area contributed by atoms with Crippen molar-refractivity contribution >= 4 is 17.7 Å². The first-order valence-corrected chi connectivity index (χ1v) is 6.51. The maximum Gasteiger partial charge on any atom is 0.248 e. The molecule has 0 heterocycles. The molecular formula is C17H17NO3. The van der Waals surface area contributed by atoms with E-state index in [-0.39, 0.29) is 11.7 Å². The monoisotopic (exact) mass is 283 g/mol. The van der Waals surface area contributed by atoms with Gasteiger partial charge in [-0.3, -0.25) is 4.79 Å². The number of methoxy groups -OCH3 is 1. The fourth-order valence-corrected chi connectivity index (χ4v) is 1.79. The third-order valence-corrected chi connectivity index (χ3v) is 2.95. The van der Waals surface area contributed by atoms with Crippen molar-refractivity contribution in [1.29, 1.82) is 0 Å². The Morgan fingerprint density at radius 2 is 1.90 bits per heavy atom. The second-order valence-corrected chi connectivity index (χ2v) is 4.62. The Labute approximate surface area is 123 Å². The van der Waals surface area contributed by atoms with E-state index >= 15 is 0 Å². The van der Waals surface area contributed by atoms with E-state index in [9.17, 15) is 9.90 Å². The van der Waals surface area contributed by atoms with E-state index in [4.69, 9.17) is 4.74 Å². The normalized spacial score (nSPS) is 10.6. The summed E-state index contributed by atoms with van der Waals surface area (Å²) in [5.74, 6) is 0.223. The van der Waals surface area contributed by atoms with Crippen molar-refractivity contribution in [3.8, 4) is 11.5 Å². The molecule has 0 spiro atoms. The van der Waals surface area contributed by atoms with Crippen molar-refractivity contribution in [2.24, 2.45) is 0 Å². The van der Waals surface area contributed by atoms with Gasteiger partial charge in [-0.1, -0.05) is 23.8 Å². The molecule has 21 heavy (non-hydrogen) atoms. The van der Waals surface area contributed by atoms with Crippen LogP contribution in [0.1, 0.15) is 11.1 Å². The van der Waals surface area contributed by atoms with Crippen LogP contribution < -0.4 is 10.1 Å². The van der Waals surface area contributed by atoms with Crippen LogP contribution in [0.25, 0.3) is 6.08 Å². The summed E-state index contributed by atoms with van der Waals surface area (Å²) in [4.78, 5) is 11.8. The first kappa shape index (κ1) is 14.7. The number of carbonyl (C=O) groups is 1. The average molecular weight is 283 g/mol. The van der Waals surface area contributed by atoms with Crippen LogP contribution in [0.3, 0.4) is 0 Å². The number of ether oxygens (including phenoxy) is 1. The van der Waals surface area contributed by atoms with Gasteiger partial charge in [0, 0.05) is 11.8 Å². The predicted molar refractivity (Wildman–Crippen MR) is 83.5 cm³/mol. The zero-order chi connectivity index (χ0) is 15.2. The first-order chi connectivity index (χ1) is 10.1. The second-order valence-electron chi connectivity index (χ2n) is 4.62. The molecule has 2 aromatic carbocycles. The SMILES string of the molecule is COc1cc(/C=C/C(=O)Nc2ccc(C)cc2)ccc1O. The summed E-state index contributed by atoms with van der Waals surface area (Å²) in [5, 5.41) is 12.3. The molecule has 0 atom stereocenters. The molecule has 0 aliphatic heterocycles. The Hall–Kier alpha value is -2.75. The number of carbonyl (C=O) groups excluding carboxylic acids is 1. The number of rotatable bonds is 4. The molecule has 0 aromatic heterocycles. The van der Waals surface area contributed by atoms with E-state index in [1.807, 2.05) is 31.2 Å². The van der Waals surface area contributed by atoms with Crippen LogP contribution in [-0.4, -0.2) is 18.1 Å². The molecule has 0 unspecified atom stereocenters. The average Bonchev–Trinajstić information content (AvgIpc) is 2.49. The third-order valence-electron chi connectivity index (χ3n) is 2.95. The number of amides is 1. The minimum atomic E-state index is -0.217. The molecule has 2 rings (SSSR count). The minimum absolute atomic E-state index is 0.0683. The zero-order valence-electron chi connectivity index (χ0n) is 12.0. The smallest absolute Gasteiger partial charge is 0.248 e. The molecule has 4 nitrogen and oxygen atoms in total. The molecule has 0 bridgehead atoms. The summed E-state index contributed by atoms with van der Waals surface area (Å²) < 4.78 is 5.01. The van der Waals surface area contributed by atoms with Crippen molar-refractivity contribution < 1.29 is 14.6 Å². The third kappa shape index (κ3) is 4.11. The lowest BCUT2D eigenvalue weighted by Crippen LogP contribution is -2.07. The van der Waals surface area contributed by atoms with E-state index in [2.05, 4.69) is 5.32 Å². The van der Waals surface area contributed by atoms with E-state index in [1.165, 1.54) is 19.3 Å². The summed E-state index contributed by atoms with van der Waals surface area (Å²) in [6, 6.07) is 12.5. The molecular weight excluding hydrogens is 266 g/mol. The molecule has 0 aliphatic rings. The van der Waals surface area contributed by atoms with Gasteiger partial charge in [0.05, 0.1) is 7.11 Å². The van der Waals surface area contributed by atoms with Crippen LogP contribution in [0.15, 0.2) is 48.5 Å².